The third kappa shape index (κ3) is 4.42. The Hall–Kier alpha value is -2.27. The third-order valence-electron chi connectivity index (χ3n) is 3.12. The minimum Gasteiger partial charge on any atom is -0.462 e. The Morgan fingerprint density at radius 2 is 2.00 bits per heavy atom. The van der Waals surface area contributed by atoms with Crippen LogP contribution < -0.4 is 10.6 Å². The Bertz CT molecular complexity index is 874. The fourth-order valence-electron chi connectivity index (χ4n) is 1.97. The minimum absolute atomic E-state index is 0.220. The highest BCUT2D eigenvalue weighted by atomic mass is 35.5. The van der Waals surface area contributed by atoms with Crippen LogP contribution in [-0.2, 0) is 4.74 Å². The van der Waals surface area contributed by atoms with E-state index in [1.807, 2.05) is 6.07 Å². The average molecular weight is 398 g/mol. The molecule has 0 saturated carbocycles. The molecule has 0 fully saturated rings. The van der Waals surface area contributed by atoms with Gasteiger partial charge in [-0.25, -0.2) is 9.59 Å². The summed E-state index contributed by atoms with van der Waals surface area (Å²) >= 11 is 12.7. The maximum absolute atomic E-state index is 12.1. The van der Waals surface area contributed by atoms with Crippen LogP contribution in [0.1, 0.15) is 27.7 Å². The molecule has 2 aromatic rings. The number of rotatable bonds is 4. The number of thiophene rings is 1. The van der Waals surface area contributed by atoms with Gasteiger partial charge >= 0.3 is 12.0 Å². The predicted molar refractivity (Wildman–Crippen MR) is 98.8 cm³/mol. The summed E-state index contributed by atoms with van der Waals surface area (Å²) in [6.45, 7) is 3.54. The highest BCUT2D eigenvalue weighted by molar-refractivity contribution is 7.18. The zero-order valence-corrected chi connectivity index (χ0v) is 15.6. The van der Waals surface area contributed by atoms with E-state index in [-0.39, 0.29) is 22.0 Å². The van der Waals surface area contributed by atoms with E-state index in [2.05, 4.69) is 10.6 Å². The Morgan fingerprint density at radius 1 is 1.28 bits per heavy atom. The van der Waals surface area contributed by atoms with Crippen LogP contribution in [0.15, 0.2) is 18.2 Å². The van der Waals surface area contributed by atoms with Crippen molar-refractivity contribution < 1.29 is 14.3 Å². The van der Waals surface area contributed by atoms with Crippen LogP contribution in [0.3, 0.4) is 0 Å². The second-order valence-electron chi connectivity index (χ2n) is 4.80. The van der Waals surface area contributed by atoms with E-state index in [0.29, 0.717) is 21.3 Å². The van der Waals surface area contributed by atoms with Gasteiger partial charge in [-0.3, -0.25) is 5.32 Å². The first-order valence-corrected chi connectivity index (χ1v) is 8.68. The zero-order chi connectivity index (χ0) is 18.6. The summed E-state index contributed by atoms with van der Waals surface area (Å²) in [5.41, 5.74) is 1.12. The molecule has 130 valence electrons. The fourth-order valence-corrected chi connectivity index (χ4v) is 3.31. The van der Waals surface area contributed by atoms with E-state index in [1.165, 1.54) is 6.07 Å². The van der Waals surface area contributed by atoms with Gasteiger partial charge in [-0.2, -0.15) is 5.26 Å². The lowest BCUT2D eigenvalue weighted by molar-refractivity contribution is 0.0531. The van der Waals surface area contributed by atoms with Crippen molar-refractivity contribution in [1.29, 1.82) is 5.26 Å². The van der Waals surface area contributed by atoms with Crippen molar-refractivity contribution in [2.75, 3.05) is 17.2 Å². The fraction of sp³-hybridized carbons (Fsp3) is 0.188. The Labute approximate surface area is 158 Å². The number of hydrogen-bond donors (Lipinski definition) is 2. The molecule has 1 aromatic heterocycles. The molecular formula is C16H13Cl2N3O3S. The summed E-state index contributed by atoms with van der Waals surface area (Å²) in [4.78, 5) is 24.3. The molecule has 0 radical (unpaired) electrons. The Morgan fingerprint density at radius 3 is 2.60 bits per heavy atom. The van der Waals surface area contributed by atoms with Crippen molar-refractivity contribution in [2.45, 2.75) is 13.8 Å². The lowest BCUT2D eigenvalue weighted by atomic mass is 10.2. The monoisotopic (exact) mass is 397 g/mol. The molecule has 0 unspecified atom stereocenters. The first kappa shape index (κ1) is 19.1. The Balaban J connectivity index is 2.20. The molecule has 0 bridgehead atoms. The van der Waals surface area contributed by atoms with E-state index < -0.39 is 12.0 Å². The molecule has 0 atom stereocenters. The number of hydrogen-bond acceptors (Lipinski definition) is 5. The second-order valence-corrected chi connectivity index (χ2v) is 6.64. The summed E-state index contributed by atoms with van der Waals surface area (Å²) in [6, 6.07) is 6.05. The average Bonchev–Trinajstić information content (AvgIpc) is 2.86. The van der Waals surface area contributed by atoms with Crippen LogP contribution in [-0.4, -0.2) is 18.6 Å². The van der Waals surface area contributed by atoms with Gasteiger partial charge in [-0.15, -0.1) is 11.3 Å². The number of nitriles is 1. The first-order chi connectivity index (χ1) is 11.9. The van der Waals surface area contributed by atoms with E-state index >= 15 is 0 Å². The van der Waals surface area contributed by atoms with Gasteiger partial charge in [-0.05, 0) is 37.6 Å². The lowest BCUT2D eigenvalue weighted by Crippen LogP contribution is -2.19. The van der Waals surface area contributed by atoms with Gasteiger partial charge in [0.2, 0.25) is 0 Å². The van der Waals surface area contributed by atoms with Crippen LogP contribution in [0, 0.1) is 18.3 Å². The van der Waals surface area contributed by atoms with Crippen molar-refractivity contribution in [3.8, 4) is 6.07 Å². The number of carbonyl (C=O) groups is 2. The van der Waals surface area contributed by atoms with Crippen molar-refractivity contribution in [3.05, 3.63) is 44.2 Å². The maximum Gasteiger partial charge on any atom is 0.348 e. The maximum atomic E-state index is 12.1. The van der Waals surface area contributed by atoms with Gasteiger partial charge in [-0.1, -0.05) is 23.2 Å². The lowest BCUT2D eigenvalue weighted by Gasteiger charge is -2.07. The van der Waals surface area contributed by atoms with Crippen molar-refractivity contribution in [2.24, 2.45) is 0 Å². The number of anilines is 2. The topological polar surface area (TPSA) is 91.2 Å². The third-order valence-corrected chi connectivity index (χ3v) is 5.05. The summed E-state index contributed by atoms with van der Waals surface area (Å²) in [5.74, 6) is -0.528. The normalized spacial score (nSPS) is 10.0. The number of carbonyl (C=O) groups excluding carboxylic acids is 2. The van der Waals surface area contributed by atoms with Gasteiger partial charge in [0, 0.05) is 5.69 Å². The van der Waals surface area contributed by atoms with E-state index in [0.717, 1.165) is 11.3 Å². The predicted octanol–water partition coefficient (Wildman–Crippen LogP) is 5.06. The molecule has 2 N–H and O–H groups in total. The summed E-state index contributed by atoms with van der Waals surface area (Å²) in [5, 5.41) is 15.4. The van der Waals surface area contributed by atoms with E-state index in [1.54, 1.807) is 26.0 Å². The number of urea groups is 1. The summed E-state index contributed by atoms with van der Waals surface area (Å²) < 4.78 is 4.95. The van der Waals surface area contributed by atoms with Crippen LogP contribution >= 0.6 is 34.5 Å². The molecule has 1 aromatic carbocycles. The number of ether oxygens (including phenoxy) is 1. The second kappa shape index (κ2) is 8.21. The van der Waals surface area contributed by atoms with Crippen molar-refractivity contribution >= 4 is 57.2 Å². The van der Waals surface area contributed by atoms with Crippen LogP contribution in [0.2, 0.25) is 10.0 Å². The molecule has 2 amide bonds. The molecular weight excluding hydrogens is 385 g/mol. The summed E-state index contributed by atoms with van der Waals surface area (Å²) in [7, 11) is 0. The first-order valence-electron chi connectivity index (χ1n) is 7.11. The van der Waals surface area contributed by atoms with E-state index in [9.17, 15) is 14.9 Å². The minimum atomic E-state index is -0.577. The number of halogens is 2. The number of esters is 1. The smallest absolute Gasteiger partial charge is 0.348 e. The molecule has 2 rings (SSSR count). The number of benzene rings is 1. The molecule has 0 saturated heterocycles. The molecule has 9 heteroatoms. The van der Waals surface area contributed by atoms with Gasteiger partial charge in [0.25, 0.3) is 0 Å². The van der Waals surface area contributed by atoms with Crippen molar-refractivity contribution in [3.63, 3.8) is 0 Å². The number of amides is 2. The molecule has 0 aliphatic carbocycles. The van der Waals surface area contributed by atoms with Gasteiger partial charge in [0.1, 0.15) is 15.9 Å². The molecule has 0 spiro atoms. The molecule has 6 nitrogen and oxygen atoms in total. The van der Waals surface area contributed by atoms with Gasteiger partial charge < -0.3 is 10.1 Å². The highest BCUT2D eigenvalue weighted by Crippen LogP contribution is 2.33. The number of nitrogens with one attached hydrogen (secondary N) is 2. The van der Waals surface area contributed by atoms with Crippen LogP contribution in [0.25, 0.3) is 0 Å². The Kier molecular flexibility index (Phi) is 6.26. The summed E-state index contributed by atoms with van der Waals surface area (Å²) in [6.07, 6.45) is 0. The molecule has 1 heterocycles. The number of nitrogens with zero attached hydrogens (tertiary/aromatic N) is 1. The molecule has 0 aliphatic rings. The highest BCUT2D eigenvalue weighted by Gasteiger charge is 2.22. The van der Waals surface area contributed by atoms with Gasteiger partial charge in [0.05, 0.1) is 22.2 Å². The zero-order valence-electron chi connectivity index (χ0n) is 13.3. The van der Waals surface area contributed by atoms with Crippen molar-refractivity contribution in [1.82, 2.24) is 0 Å². The quantitative estimate of drug-likeness (QED) is 0.705. The van der Waals surface area contributed by atoms with E-state index in [4.69, 9.17) is 27.9 Å². The largest absolute Gasteiger partial charge is 0.462 e. The molecule has 25 heavy (non-hydrogen) atoms. The molecule has 0 aliphatic heterocycles. The standard InChI is InChI=1S/C16H13Cl2N3O3S/c1-3-24-15(22)13-8(2)10(7-19)14(25-13)21-16(23)20-9-4-5-11(17)12(18)6-9/h4-6H,3H2,1-2H3,(H2,20,21,23). The SMILES string of the molecule is CCOC(=O)c1sc(NC(=O)Nc2ccc(Cl)c(Cl)c2)c(C#N)c1C. The van der Waals surface area contributed by atoms with Crippen LogP contribution in [0.5, 0.6) is 0 Å². The van der Waals surface area contributed by atoms with Gasteiger partial charge in [0.15, 0.2) is 0 Å². The van der Waals surface area contributed by atoms with Crippen LogP contribution in [0.4, 0.5) is 15.5 Å².